The van der Waals surface area contributed by atoms with Crippen LogP contribution in [0.25, 0.3) is 0 Å². The van der Waals surface area contributed by atoms with Crippen LogP contribution in [0.5, 0.6) is 0 Å². The van der Waals surface area contributed by atoms with Crippen molar-refractivity contribution in [3.63, 3.8) is 0 Å². The summed E-state index contributed by atoms with van der Waals surface area (Å²) in [7, 11) is 0. The van der Waals surface area contributed by atoms with Gasteiger partial charge in [0.05, 0.1) is 38.6 Å². The van der Waals surface area contributed by atoms with E-state index in [2.05, 4.69) is 67.8 Å². The number of nitrogens with one attached hydrogen (secondary N) is 1. The van der Waals surface area contributed by atoms with Gasteiger partial charge in [0.2, 0.25) is 5.91 Å². The standard InChI is InChI=1S/C87H159NO18/c1-3-5-7-9-11-13-15-17-19-21-23-25-27-29-31-33-34-35-37-38-40-42-44-46-48-50-52-54-56-58-60-62-64-71(92)70(88-75(93)65-63-61-59-57-55-53-51-49-47-45-43-41-39-36-32-30-28-26-24-22-20-18-16-14-12-10-8-6-4-2)69-101-85-81(99)78(96)83(73(67-90)103-85)106-87-82(100)79(97)84(74(68-91)104-87)105-86-80(98)77(95)76(94)72(66-89)102-86/h16,18,22,24,46,48,54,56,62,64,70-74,76-87,89-92,94-100H,3-15,17,19-21,23,25-45,47,49-53,55,57-61,63,65-69H2,1-2H3,(H,88,93)/b18-16-,24-22-,48-46+,56-54+,64-62+. The normalized spacial score (nSPS) is 25.9. The topological polar surface area (TPSA) is 307 Å². The van der Waals surface area contributed by atoms with Crippen molar-refractivity contribution >= 4 is 5.91 Å². The quantitative estimate of drug-likeness (QED) is 0.0199. The summed E-state index contributed by atoms with van der Waals surface area (Å²) in [6, 6.07) is -1.00. The summed E-state index contributed by atoms with van der Waals surface area (Å²) in [4.78, 5) is 13.5. The summed E-state index contributed by atoms with van der Waals surface area (Å²) >= 11 is 0. The van der Waals surface area contributed by atoms with Gasteiger partial charge in [0.25, 0.3) is 0 Å². The van der Waals surface area contributed by atoms with Gasteiger partial charge >= 0.3 is 0 Å². The van der Waals surface area contributed by atoms with E-state index in [1.54, 1.807) is 6.08 Å². The zero-order valence-corrected chi connectivity index (χ0v) is 66.7. The Kier molecular flexibility index (Phi) is 61.8. The molecule has 17 unspecified atom stereocenters. The SMILES string of the molecule is CCCCCCC/C=C\C/C=C\CCCCCCCCCCCCCCCCCCCC(=O)NC(COC1OC(CO)C(OC2OC(CO)C(OC3OC(CO)C(O)C(O)C3O)C(O)C2O)C(O)C1O)C(O)/C=C/CC/C=C/CC/C=C/CCCCCCCCCCCCCCCCCCCCCCCC. The van der Waals surface area contributed by atoms with E-state index in [0.29, 0.717) is 12.8 Å². The zero-order chi connectivity index (χ0) is 76.7. The van der Waals surface area contributed by atoms with Gasteiger partial charge in [-0.05, 0) is 77.0 Å². The molecule has 0 aromatic rings. The van der Waals surface area contributed by atoms with Gasteiger partial charge in [-0.3, -0.25) is 4.79 Å². The first-order chi connectivity index (χ1) is 51.8. The molecule has 106 heavy (non-hydrogen) atoms. The van der Waals surface area contributed by atoms with Gasteiger partial charge in [-0.1, -0.05) is 331 Å². The lowest BCUT2D eigenvalue weighted by atomic mass is 9.96. The molecule has 0 aliphatic carbocycles. The second-order valence-electron chi connectivity index (χ2n) is 31.0. The van der Waals surface area contributed by atoms with E-state index in [-0.39, 0.29) is 18.9 Å². The number of rotatable bonds is 70. The number of allylic oxidation sites excluding steroid dienone is 9. The van der Waals surface area contributed by atoms with E-state index >= 15 is 0 Å². The molecule has 3 aliphatic heterocycles. The molecule has 19 nitrogen and oxygen atoms in total. The number of carbonyl (C=O) groups excluding carboxylic acids is 1. The molecule has 0 aromatic carbocycles. The Morgan fingerprint density at radius 2 is 0.632 bits per heavy atom. The highest BCUT2D eigenvalue weighted by Gasteiger charge is 2.54. The summed E-state index contributed by atoms with van der Waals surface area (Å²) in [6.07, 6.45) is 60.9. The minimum absolute atomic E-state index is 0.232. The van der Waals surface area contributed by atoms with Crippen molar-refractivity contribution in [2.45, 2.75) is 458 Å². The third-order valence-corrected chi connectivity index (χ3v) is 21.5. The summed E-state index contributed by atoms with van der Waals surface area (Å²) in [5, 5.41) is 121. The van der Waals surface area contributed by atoms with Crippen LogP contribution in [0.3, 0.4) is 0 Å². The van der Waals surface area contributed by atoms with Crippen molar-refractivity contribution in [2.24, 2.45) is 0 Å². The maximum Gasteiger partial charge on any atom is 0.220 e. The molecule has 1 amide bonds. The van der Waals surface area contributed by atoms with Gasteiger partial charge in [-0.2, -0.15) is 0 Å². The monoisotopic (exact) mass is 1510 g/mol. The predicted octanol–water partition coefficient (Wildman–Crippen LogP) is 15.8. The molecule has 0 spiro atoms. The largest absolute Gasteiger partial charge is 0.394 e. The number of hydrogen-bond donors (Lipinski definition) is 12. The zero-order valence-electron chi connectivity index (χ0n) is 66.7. The van der Waals surface area contributed by atoms with Crippen LogP contribution in [-0.2, 0) is 33.2 Å². The molecule has 3 heterocycles. The van der Waals surface area contributed by atoms with Crippen LogP contribution in [0.4, 0.5) is 0 Å². The van der Waals surface area contributed by atoms with Gasteiger partial charge in [0.15, 0.2) is 18.9 Å². The molecule has 0 radical (unpaired) electrons. The van der Waals surface area contributed by atoms with Gasteiger partial charge in [0, 0.05) is 6.42 Å². The average Bonchev–Trinajstić information content (AvgIpc) is 0.781. The molecule has 17 atom stereocenters. The van der Waals surface area contributed by atoms with Gasteiger partial charge in [-0.15, -0.1) is 0 Å². The van der Waals surface area contributed by atoms with Crippen LogP contribution in [0.1, 0.15) is 354 Å². The van der Waals surface area contributed by atoms with Crippen LogP contribution < -0.4 is 5.32 Å². The first kappa shape index (κ1) is 97.7. The maximum atomic E-state index is 13.5. The first-order valence-corrected chi connectivity index (χ1v) is 43.5. The van der Waals surface area contributed by atoms with Crippen LogP contribution in [0.2, 0.25) is 0 Å². The molecule has 3 fully saturated rings. The van der Waals surface area contributed by atoms with E-state index in [0.717, 1.165) is 51.4 Å². The number of ether oxygens (including phenoxy) is 6. The lowest BCUT2D eigenvalue weighted by molar-refractivity contribution is -0.379. The van der Waals surface area contributed by atoms with Gasteiger partial charge in [-0.25, -0.2) is 0 Å². The van der Waals surface area contributed by atoms with Crippen molar-refractivity contribution in [1.29, 1.82) is 0 Å². The Balaban J connectivity index is 1.36. The Labute approximate surface area is 643 Å². The molecule has 620 valence electrons. The predicted molar refractivity (Wildman–Crippen MR) is 425 cm³/mol. The van der Waals surface area contributed by atoms with Gasteiger partial charge in [0.1, 0.15) is 73.2 Å². The molecule has 12 N–H and O–H groups in total. The van der Waals surface area contributed by atoms with Crippen molar-refractivity contribution in [3.05, 3.63) is 60.8 Å². The molecule has 3 saturated heterocycles. The molecule has 0 saturated carbocycles. The van der Waals surface area contributed by atoms with Crippen molar-refractivity contribution < 1.29 is 89.4 Å². The number of aliphatic hydroxyl groups is 11. The maximum absolute atomic E-state index is 13.5. The Morgan fingerprint density at radius 3 is 1.00 bits per heavy atom. The fourth-order valence-electron chi connectivity index (χ4n) is 14.6. The number of carbonyl (C=O) groups is 1. The fourth-order valence-corrected chi connectivity index (χ4v) is 14.6. The highest BCUT2D eigenvalue weighted by molar-refractivity contribution is 5.76. The van der Waals surface area contributed by atoms with Crippen molar-refractivity contribution in [1.82, 2.24) is 5.32 Å². The minimum Gasteiger partial charge on any atom is -0.394 e. The second kappa shape index (κ2) is 67.0. The lowest BCUT2D eigenvalue weighted by Crippen LogP contribution is -2.66. The Morgan fingerprint density at radius 1 is 0.340 bits per heavy atom. The summed E-state index contributed by atoms with van der Waals surface area (Å²) < 4.78 is 34.5. The van der Waals surface area contributed by atoms with Crippen molar-refractivity contribution in [2.75, 3.05) is 26.4 Å². The van der Waals surface area contributed by atoms with Gasteiger partial charge < -0.3 is 89.9 Å². The van der Waals surface area contributed by atoms with E-state index < -0.39 is 124 Å². The number of unbranched alkanes of at least 4 members (excludes halogenated alkanes) is 46. The molecular weight excluding hydrogens is 1350 g/mol. The second-order valence-corrected chi connectivity index (χ2v) is 31.0. The van der Waals surface area contributed by atoms with Crippen LogP contribution in [0.15, 0.2) is 60.8 Å². The Bertz CT molecular complexity index is 2150. The molecule has 19 heteroatoms. The number of hydrogen-bond acceptors (Lipinski definition) is 18. The van der Waals surface area contributed by atoms with Crippen LogP contribution in [-0.4, -0.2) is 193 Å². The van der Waals surface area contributed by atoms with E-state index in [4.69, 9.17) is 28.4 Å². The third-order valence-electron chi connectivity index (χ3n) is 21.5. The smallest absolute Gasteiger partial charge is 0.220 e. The summed E-state index contributed by atoms with van der Waals surface area (Å²) in [5.41, 5.74) is 0. The average molecular weight is 1510 g/mol. The summed E-state index contributed by atoms with van der Waals surface area (Å²) in [5.74, 6) is -0.285. The highest BCUT2D eigenvalue weighted by Crippen LogP contribution is 2.33. The summed E-state index contributed by atoms with van der Waals surface area (Å²) in [6.45, 7) is 1.75. The molecule has 3 rings (SSSR count). The molecule has 0 bridgehead atoms. The lowest BCUT2D eigenvalue weighted by Gasteiger charge is -2.48. The van der Waals surface area contributed by atoms with E-state index in [9.17, 15) is 61.0 Å². The van der Waals surface area contributed by atoms with Crippen LogP contribution in [0, 0.1) is 0 Å². The molecular formula is C87H159NO18. The van der Waals surface area contributed by atoms with Crippen LogP contribution >= 0.6 is 0 Å². The Hall–Kier alpha value is -2.51. The van der Waals surface area contributed by atoms with Crippen molar-refractivity contribution in [3.8, 4) is 0 Å². The number of amides is 1. The van der Waals surface area contributed by atoms with E-state index in [1.165, 1.54) is 270 Å². The molecule has 3 aliphatic rings. The number of aliphatic hydroxyl groups excluding tert-OH is 11. The third kappa shape index (κ3) is 45.9. The molecule has 0 aromatic heterocycles. The minimum atomic E-state index is -1.99. The highest BCUT2D eigenvalue weighted by atomic mass is 16.8. The first-order valence-electron chi connectivity index (χ1n) is 43.5. The van der Waals surface area contributed by atoms with E-state index in [1.807, 2.05) is 6.08 Å². The fraction of sp³-hybridized carbons (Fsp3) is 0.874.